The fourth-order valence-electron chi connectivity index (χ4n) is 3.59. The largest absolute Gasteiger partial charge is 0.480 e. The van der Waals surface area contributed by atoms with E-state index in [0.717, 1.165) is 33.5 Å². The summed E-state index contributed by atoms with van der Waals surface area (Å²) in [6, 6.07) is 10.6. The Labute approximate surface area is 173 Å². The molecule has 30 heavy (non-hydrogen) atoms. The minimum absolute atomic E-state index is 0.0786. The Morgan fingerprint density at radius 1 is 1.13 bits per heavy atom. The lowest BCUT2D eigenvalue weighted by Gasteiger charge is -2.17. The zero-order valence-corrected chi connectivity index (χ0v) is 16.6. The fourth-order valence-corrected chi connectivity index (χ4v) is 3.59. The Hall–Kier alpha value is -3.74. The number of nitrogens with zero attached hydrogens (tertiary/aromatic N) is 2. The SMILES string of the molecule is CC1=C(N[C@@H](Cc2ccc(Nc3nccc4cnccc34)cc2)C(=O)O)CCC1=O. The molecule has 0 saturated carbocycles. The van der Waals surface area contributed by atoms with Crippen LogP contribution >= 0.6 is 0 Å². The number of allylic oxidation sites excluding steroid dienone is 2. The van der Waals surface area contributed by atoms with Gasteiger partial charge in [-0.3, -0.25) is 9.78 Å². The van der Waals surface area contributed by atoms with Crippen LogP contribution in [0.1, 0.15) is 25.3 Å². The maximum absolute atomic E-state index is 11.7. The first-order chi connectivity index (χ1) is 14.5. The van der Waals surface area contributed by atoms with Crippen molar-refractivity contribution < 1.29 is 14.7 Å². The summed E-state index contributed by atoms with van der Waals surface area (Å²) in [5.74, 6) is -0.124. The van der Waals surface area contributed by atoms with Crippen molar-refractivity contribution in [2.75, 3.05) is 5.32 Å². The van der Waals surface area contributed by atoms with Gasteiger partial charge in [0.2, 0.25) is 0 Å². The van der Waals surface area contributed by atoms with E-state index in [1.807, 2.05) is 36.4 Å². The van der Waals surface area contributed by atoms with Gasteiger partial charge in [-0.05, 0) is 43.2 Å². The molecule has 1 atom stereocenters. The molecule has 152 valence electrons. The van der Waals surface area contributed by atoms with Crippen molar-refractivity contribution in [3.63, 3.8) is 0 Å². The molecule has 2 heterocycles. The van der Waals surface area contributed by atoms with E-state index in [1.54, 1.807) is 25.5 Å². The molecular weight excluding hydrogens is 380 g/mol. The van der Waals surface area contributed by atoms with Gasteiger partial charge in [0.05, 0.1) is 0 Å². The normalized spacial score (nSPS) is 14.8. The highest BCUT2D eigenvalue weighted by Crippen LogP contribution is 2.24. The van der Waals surface area contributed by atoms with Crippen LogP contribution in [-0.2, 0) is 16.0 Å². The smallest absolute Gasteiger partial charge is 0.326 e. The molecule has 0 bridgehead atoms. The number of fused-ring (bicyclic) bond motifs is 1. The Balaban J connectivity index is 1.47. The van der Waals surface area contributed by atoms with Crippen LogP contribution in [0.3, 0.4) is 0 Å². The van der Waals surface area contributed by atoms with Crippen molar-refractivity contribution in [2.45, 2.75) is 32.2 Å². The minimum Gasteiger partial charge on any atom is -0.480 e. The Morgan fingerprint density at radius 2 is 1.93 bits per heavy atom. The molecule has 0 saturated heterocycles. The van der Waals surface area contributed by atoms with Gasteiger partial charge < -0.3 is 15.7 Å². The summed E-state index contributed by atoms with van der Waals surface area (Å²) in [4.78, 5) is 32.0. The van der Waals surface area contributed by atoms with Crippen molar-refractivity contribution in [1.82, 2.24) is 15.3 Å². The van der Waals surface area contributed by atoms with E-state index in [1.165, 1.54) is 0 Å². The lowest BCUT2D eigenvalue weighted by atomic mass is 10.0. The summed E-state index contributed by atoms with van der Waals surface area (Å²) >= 11 is 0. The van der Waals surface area contributed by atoms with Crippen LogP contribution in [0.15, 0.2) is 66.3 Å². The molecule has 1 aliphatic rings. The van der Waals surface area contributed by atoms with Gasteiger partial charge in [0.15, 0.2) is 5.78 Å². The lowest BCUT2D eigenvalue weighted by molar-refractivity contribution is -0.139. The summed E-state index contributed by atoms with van der Waals surface area (Å²) in [7, 11) is 0. The number of nitrogens with one attached hydrogen (secondary N) is 2. The van der Waals surface area contributed by atoms with Gasteiger partial charge in [-0.2, -0.15) is 0 Å². The Kier molecular flexibility index (Phi) is 5.43. The molecule has 0 fully saturated rings. The van der Waals surface area contributed by atoms with Gasteiger partial charge in [0.1, 0.15) is 11.9 Å². The van der Waals surface area contributed by atoms with E-state index in [2.05, 4.69) is 20.6 Å². The molecule has 2 aromatic heterocycles. The van der Waals surface area contributed by atoms with Crippen molar-refractivity contribution in [3.8, 4) is 0 Å². The summed E-state index contributed by atoms with van der Waals surface area (Å²) in [5, 5.41) is 17.9. The molecular formula is C23H22N4O3. The summed E-state index contributed by atoms with van der Waals surface area (Å²) in [6.45, 7) is 1.74. The second-order valence-corrected chi connectivity index (χ2v) is 7.34. The van der Waals surface area contributed by atoms with Gasteiger partial charge in [-0.1, -0.05) is 12.1 Å². The predicted octanol–water partition coefficient (Wildman–Crippen LogP) is 3.60. The molecule has 0 radical (unpaired) electrons. The number of Topliss-reactive ketones (excluding diaryl/α,β-unsaturated/α-hetero) is 1. The van der Waals surface area contributed by atoms with Crippen LogP contribution in [0.2, 0.25) is 0 Å². The van der Waals surface area contributed by atoms with Crippen LogP contribution in [0.5, 0.6) is 0 Å². The number of pyridine rings is 2. The van der Waals surface area contributed by atoms with Gasteiger partial charge in [-0.25, -0.2) is 9.78 Å². The number of anilines is 2. The summed E-state index contributed by atoms with van der Waals surface area (Å²) in [6.07, 6.45) is 6.59. The average Bonchev–Trinajstić information content (AvgIpc) is 3.07. The van der Waals surface area contributed by atoms with Gasteiger partial charge in [0.25, 0.3) is 0 Å². The topological polar surface area (TPSA) is 104 Å². The van der Waals surface area contributed by atoms with E-state index in [-0.39, 0.29) is 5.78 Å². The fraction of sp³-hybridized carbons (Fsp3) is 0.217. The van der Waals surface area contributed by atoms with Gasteiger partial charge in [0, 0.05) is 59.2 Å². The minimum atomic E-state index is -0.939. The Bertz CT molecular complexity index is 1130. The molecule has 0 spiro atoms. The lowest BCUT2D eigenvalue weighted by Crippen LogP contribution is -2.38. The third-order valence-electron chi connectivity index (χ3n) is 5.34. The highest BCUT2D eigenvalue weighted by atomic mass is 16.4. The number of ketones is 1. The molecule has 0 amide bonds. The maximum Gasteiger partial charge on any atom is 0.326 e. The van der Waals surface area contributed by atoms with Crippen LogP contribution < -0.4 is 10.6 Å². The summed E-state index contributed by atoms with van der Waals surface area (Å²) in [5.41, 5.74) is 3.12. The number of aromatic nitrogens is 2. The van der Waals surface area contributed by atoms with E-state index in [0.29, 0.717) is 24.8 Å². The predicted molar refractivity (Wildman–Crippen MR) is 114 cm³/mol. The number of aliphatic carboxylic acids is 1. The van der Waals surface area contributed by atoms with E-state index < -0.39 is 12.0 Å². The standard InChI is InChI=1S/C23H22N4O3/c1-14-19(6-7-21(14)28)27-20(23(29)30)12-15-2-4-17(5-3-15)26-22-18-9-10-24-13-16(18)8-11-25-22/h2-5,8-11,13,20,27H,6-7,12H2,1H3,(H,25,26)(H,29,30)/t20-/m0/s1. The quantitative estimate of drug-likeness (QED) is 0.555. The number of carbonyl (C=O) groups is 2. The van der Waals surface area contributed by atoms with Crippen molar-refractivity contribution in [3.05, 3.63) is 71.8 Å². The van der Waals surface area contributed by atoms with Gasteiger partial charge >= 0.3 is 5.97 Å². The molecule has 0 unspecified atom stereocenters. The third-order valence-corrected chi connectivity index (χ3v) is 5.34. The number of benzene rings is 1. The molecule has 1 aromatic carbocycles. The van der Waals surface area contributed by atoms with Crippen molar-refractivity contribution >= 4 is 34.0 Å². The molecule has 3 N–H and O–H groups in total. The van der Waals surface area contributed by atoms with Crippen LogP contribution in [0, 0.1) is 0 Å². The summed E-state index contributed by atoms with van der Waals surface area (Å²) < 4.78 is 0. The van der Waals surface area contributed by atoms with Gasteiger partial charge in [-0.15, -0.1) is 0 Å². The number of carboxylic acids is 1. The monoisotopic (exact) mass is 402 g/mol. The third kappa shape index (κ3) is 4.15. The molecule has 7 nitrogen and oxygen atoms in total. The van der Waals surface area contributed by atoms with E-state index in [9.17, 15) is 14.7 Å². The molecule has 3 aromatic rings. The zero-order chi connectivity index (χ0) is 21.1. The van der Waals surface area contributed by atoms with Crippen LogP contribution in [0.4, 0.5) is 11.5 Å². The maximum atomic E-state index is 11.7. The molecule has 7 heteroatoms. The van der Waals surface area contributed by atoms with E-state index in [4.69, 9.17) is 0 Å². The molecule has 4 rings (SSSR count). The number of hydrogen-bond acceptors (Lipinski definition) is 6. The second kappa shape index (κ2) is 8.32. The van der Waals surface area contributed by atoms with E-state index >= 15 is 0 Å². The Morgan fingerprint density at radius 3 is 2.63 bits per heavy atom. The number of carbonyl (C=O) groups excluding carboxylic acids is 1. The van der Waals surface area contributed by atoms with Crippen molar-refractivity contribution in [1.29, 1.82) is 0 Å². The zero-order valence-electron chi connectivity index (χ0n) is 16.6. The second-order valence-electron chi connectivity index (χ2n) is 7.34. The number of carboxylic acid groups (broad SMARTS) is 1. The number of hydrogen-bond donors (Lipinski definition) is 3. The first-order valence-electron chi connectivity index (χ1n) is 9.78. The number of rotatable bonds is 7. The average molecular weight is 402 g/mol. The highest BCUT2D eigenvalue weighted by molar-refractivity contribution is 5.98. The first kappa shape index (κ1) is 19.6. The van der Waals surface area contributed by atoms with Crippen molar-refractivity contribution in [2.24, 2.45) is 0 Å². The van der Waals surface area contributed by atoms with Crippen LogP contribution in [0.25, 0.3) is 10.8 Å². The highest BCUT2D eigenvalue weighted by Gasteiger charge is 2.25. The van der Waals surface area contributed by atoms with Crippen LogP contribution in [-0.4, -0.2) is 32.9 Å². The molecule has 0 aliphatic heterocycles. The first-order valence-corrected chi connectivity index (χ1v) is 9.78. The molecule has 1 aliphatic carbocycles.